The van der Waals surface area contributed by atoms with E-state index in [0.29, 0.717) is 19.1 Å². The molecule has 0 spiro atoms. The van der Waals surface area contributed by atoms with Gasteiger partial charge in [0.15, 0.2) is 0 Å². The van der Waals surface area contributed by atoms with Crippen LogP contribution in [0.3, 0.4) is 0 Å². The summed E-state index contributed by atoms with van der Waals surface area (Å²) in [5.74, 6) is 0.544. The van der Waals surface area contributed by atoms with E-state index in [1.165, 1.54) is 0 Å². The number of rotatable bonds is 5. The molecular weight excluding hydrogens is 178 g/mol. The maximum absolute atomic E-state index is 11.3. The second-order valence-electron chi connectivity index (χ2n) is 3.70. The van der Waals surface area contributed by atoms with Gasteiger partial charge in [-0.3, -0.25) is 4.79 Å². The molecule has 0 fully saturated rings. The van der Waals surface area contributed by atoms with Crippen molar-refractivity contribution in [3.8, 4) is 0 Å². The van der Waals surface area contributed by atoms with Gasteiger partial charge in [-0.05, 0) is 12.0 Å². The van der Waals surface area contributed by atoms with E-state index < -0.39 is 0 Å². The van der Waals surface area contributed by atoms with Crippen molar-refractivity contribution >= 4 is 0 Å². The molecule has 0 aliphatic carbocycles. The summed E-state index contributed by atoms with van der Waals surface area (Å²) in [6.45, 7) is 6.19. The molecule has 0 N–H and O–H groups in total. The summed E-state index contributed by atoms with van der Waals surface area (Å²) in [6, 6.07) is 5.15. The van der Waals surface area contributed by atoms with Crippen molar-refractivity contribution in [2.45, 2.75) is 20.4 Å². The molecular formula is C11H17NO2. The molecule has 1 aromatic rings. The molecule has 0 saturated heterocycles. The summed E-state index contributed by atoms with van der Waals surface area (Å²) in [7, 11) is 0. The van der Waals surface area contributed by atoms with Gasteiger partial charge in [0.25, 0.3) is 5.56 Å². The Kier molecular flexibility index (Phi) is 4.40. The summed E-state index contributed by atoms with van der Waals surface area (Å²) in [5.41, 5.74) is 0.0284. The predicted octanol–water partition coefficient (Wildman–Crippen LogP) is 1.52. The van der Waals surface area contributed by atoms with E-state index in [9.17, 15) is 4.79 Å². The second kappa shape index (κ2) is 5.60. The van der Waals surface area contributed by atoms with Crippen LogP contribution in [0.1, 0.15) is 13.8 Å². The third-order valence-corrected chi connectivity index (χ3v) is 1.83. The number of nitrogens with zero attached hydrogens (tertiary/aromatic N) is 1. The van der Waals surface area contributed by atoms with Gasteiger partial charge >= 0.3 is 0 Å². The van der Waals surface area contributed by atoms with Gasteiger partial charge < -0.3 is 9.30 Å². The summed E-state index contributed by atoms with van der Waals surface area (Å²) in [5, 5.41) is 0. The van der Waals surface area contributed by atoms with Gasteiger partial charge in [0, 0.05) is 25.4 Å². The zero-order valence-corrected chi connectivity index (χ0v) is 8.77. The Bertz CT molecular complexity index is 317. The molecule has 1 rings (SSSR count). The molecule has 0 bridgehead atoms. The Hall–Kier alpha value is -1.09. The van der Waals surface area contributed by atoms with E-state index in [4.69, 9.17) is 4.74 Å². The zero-order valence-electron chi connectivity index (χ0n) is 8.77. The average molecular weight is 195 g/mol. The maximum atomic E-state index is 11.3. The molecule has 1 heterocycles. The first-order valence-electron chi connectivity index (χ1n) is 4.93. The summed E-state index contributed by atoms with van der Waals surface area (Å²) >= 11 is 0. The fourth-order valence-corrected chi connectivity index (χ4v) is 1.13. The summed E-state index contributed by atoms with van der Waals surface area (Å²) in [6.07, 6.45) is 1.78. The highest BCUT2D eigenvalue weighted by atomic mass is 16.5. The van der Waals surface area contributed by atoms with Crippen LogP contribution in [0.4, 0.5) is 0 Å². The van der Waals surface area contributed by atoms with E-state index >= 15 is 0 Å². The molecule has 3 heteroatoms. The lowest BCUT2D eigenvalue weighted by Crippen LogP contribution is -2.20. The van der Waals surface area contributed by atoms with Crippen molar-refractivity contribution < 1.29 is 4.74 Å². The third kappa shape index (κ3) is 3.75. The average Bonchev–Trinajstić information content (AvgIpc) is 2.15. The summed E-state index contributed by atoms with van der Waals surface area (Å²) < 4.78 is 7.05. The maximum Gasteiger partial charge on any atom is 0.250 e. The minimum Gasteiger partial charge on any atom is -0.379 e. The quantitative estimate of drug-likeness (QED) is 0.667. The van der Waals surface area contributed by atoms with Crippen LogP contribution < -0.4 is 5.56 Å². The molecule has 14 heavy (non-hydrogen) atoms. The molecule has 1 aromatic heterocycles. The largest absolute Gasteiger partial charge is 0.379 e. The first kappa shape index (κ1) is 11.0. The molecule has 0 aliphatic rings. The predicted molar refractivity (Wildman–Crippen MR) is 56.4 cm³/mol. The van der Waals surface area contributed by atoms with E-state index in [-0.39, 0.29) is 5.56 Å². The van der Waals surface area contributed by atoms with E-state index in [1.807, 2.05) is 6.07 Å². The third-order valence-electron chi connectivity index (χ3n) is 1.83. The van der Waals surface area contributed by atoms with Gasteiger partial charge in [0.1, 0.15) is 0 Å². The number of hydrogen-bond donors (Lipinski definition) is 0. The number of hydrogen-bond acceptors (Lipinski definition) is 2. The molecule has 3 nitrogen and oxygen atoms in total. The lowest BCUT2D eigenvalue weighted by molar-refractivity contribution is 0.102. The van der Waals surface area contributed by atoms with E-state index in [1.54, 1.807) is 22.9 Å². The van der Waals surface area contributed by atoms with Crippen molar-refractivity contribution in [2.75, 3.05) is 13.2 Å². The second-order valence-corrected chi connectivity index (χ2v) is 3.70. The first-order chi connectivity index (χ1) is 6.70. The van der Waals surface area contributed by atoms with Crippen molar-refractivity contribution in [3.63, 3.8) is 0 Å². The lowest BCUT2D eigenvalue weighted by atomic mass is 10.2. The van der Waals surface area contributed by atoms with Crippen molar-refractivity contribution in [2.24, 2.45) is 5.92 Å². The Balaban J connectivity index is 2.32. The van der Waals surface area contributed by atoms with Crippen molar-refractivity contribution in [1.29, 1.82) is 0 Å². The van der Waals surface area contributed by atoms with E-state index in [0.717, 1.165) is 6.61 Å². The monoisotopic (exact) mass is 195 g/mol. The zero-order chi connectivity index (χ0) is 10.4. The normalized spacial score (nSPS) is 10.8. The van der Waals surface area contributed by atoms with Gasteiger partial charge in [-0.2, -0.15) is 0 Å². The number of aromatic nitrogens is 1. The van der Waals surface area contributed by atoms with Crippen LogP contribution in [0, 0.1) is 5.92 Å². The highest BCUT2D eigenvalue weighted by Crippen LogP contribution is 1.92. The fraction of sp³-hybridized carbons (Fsp3) is 0.545. The fourth-order valence-electron chi connectivity index (χ4n) is 1.13. The number of ether oxygens (including phenoxy) is 1. The van der Waals surface area contributed by atoms with Crippen LogP contribution in [0.2, 0.25) is 0 Å². The molecule has 0 unspecified atom stereocenters. The standard InChI is InChI=1S/C11H17NO2/c1-10(2)9-14-8-7-12-6-4-3-5-11(12)13/h3-6,10H,7-9H2,1-2H3. The molecule has 0 aliphatic heterocycles. The Morgan fingerprint density at radius 3 is 2.86 bits per heavy atom. The van der Waals surface area contributed by atoms with Crippen molar-refractivity contribution in [1.82, 2.24) is 4.57 Å². The van der Waals surface area contributed by atoms with Gasteiger partial charge in [0.05, 0.1) is 6.61 Å². The molecule has 0 atom stereocenters. The highest BCUT2D eigenvalue weighted by Gasteiger charge is 1.95. The van der Waals surface area contributed by atoms with Crippen LogP contribution in [-0.2, 0) is 11.3 Å². The van der Waals surface area contributed by atoms with Crippen LogP contribution >= 0.6 is 0 Å². The minimum absolute atomic E-state index is 0.0284. The molecule has 0 radical (unpaired) electrons. The Morgan fingerprint density at radius 2 is 2.21 bits per heavy atom. The molecule has 0 aromatic carbocycles. The van der Waals surface area contributed by atoms with Crippen molar-refractivity contribution in [3.05, 3.63) is 34.7 Å². The van der Waals surface area contributed by atoms with Crippen LogP contribution in [0.5, 0.6) is 0 Å². The Morgan fingerprint density at radius 1 is 1.43 bits per heavy atom. The van der Waals surface area contributed by atoms with Crippen LogP contribution in [0.25, 0.3) is 0 Å². The Labute approximate surface area is 84.3 Å². The van der Waals surface area contributed by atoms with Crippen LogP contribution in [-0.4, -0.2) is 17.8 Å². The first-order valence-corrected chi connectivity index (χ1v) is 4.93. The van der Waals surface area contributed by atoms with Crippen LogP contribution in [0.15, 0.2) is 29.2 Å². The SMILES string of the molecule is CC(C)COCCn1ccccc1=O. The lowest BCUT2D eigenvalue weighted by Gasteiger charge is -2.07. The van der Waals surface area contributed by atoms with E-state index in [2.05, 4.69) is 13.8 Å². The smallest absolute Gasteiger partial charge is 0.250 e. The van der Waals surface area contributed by atoms with Gasteiger partial charge in [-0.25, -0.2) is 0 Å². The molecule has 78 valence electrons. The molecule has 0 saturated carbocycles. The summed E-state index contributed by atoms with van der Waals surface area (Å²) in [4.78, 5) is 11.3. The topological polar surface area (TPSA) is 31.2 Å². The highest BCUT2D eigenvalue weighted by molar-refractivity contribution is 4.92. The molecule has 0 amide bonds. The minimum atomic E-state index is 0.0284. The van der Waals surface area contributed by atoms with Gasteiger partial charge in [0.2, 0.25) is 0 Å². The van der Waals surface area contributed by atoms with Gasteiger partial charge in [-0.15, -0.1) is 0 Å². The number of pyridine rings is 1. The van der Waals surface area contributed by atoms with Gasteiger partial charge in [-0.1, -0.05) is 19.9 Å².